The highest BCUT2D eigenvalue weighted by Gasteiger charge is 2.34. The molecule has 156 valence electrons. The van der Waals surface area contributed by atoms with E-state index in [4.69, 9.17) is 4.74 Å². The van der Waals surface area contributed by atoms with Crippen LogP contribution in [0.25, 0.3) is 0 Å². The predicted octanol–water partition coefficient (Wildman–Crippen LogP) is 4.29. The van der Waals surface area contributed by atoms with Crippen LogP contribution >= 0.6 is 0 Å². The number of nitrogens with one attached hydrogen (secondary N) is 1. The fraction of sp³-hybridized carbons (Fsp3) is 0.409. The second-order valence-electron chi connectivity index (χ2n) is 7.08. The number of benzene rings is 2. The average Bonchev–Trinajstić information content (AvgIpc) is 2.73. The van der Waals surface area contributed by atoms with Crippen LogP contribution in [0.1, 0.15) is 40.4 Å². The van der Waals surface area contributed by atoms with Gasteiger partial charge in [0.25, 0.3) is 5.91 Å². The molecule has 0 saturated carbocycles. The summed E-state index contributed by atoms with van der Waals surface area (Å²) < 4.78 is 44.9. The Labute approximate surface area is 168 Å². The lowest BCUT2D eigenvalue weighted by atomic mass is 10.1. The van der Waals surface area contributed by atoms with E-state index >= 15 is 0 Å². The molecule has 1 heterocycles. The van der Waals surface area contributed by atoms with Crippen molar-refractivity contribution in [1.29, 1.82) is 0 Å². The third-order valence-corrected chi connectivity index (χ3v) is 4.99. The maximum atomic E-state index is 13.0. The van der Waals surface area contributed by atoms with Crippen LogP contribution in [0.15, 0.2) is 54.6 Å². The molecule has 0 bridgehead atoms. The molecule has 2 aromatic carbocycles. The van der Waals surface area contributed by atoms with Crippen LogP contribution in [0.5, 0.6) is 0 Å². The third-order valence-electron chi connectivity index (χ3n) is 4.99. The number of nitrogens with zero attached hydrogens (tertiary/aromatic N) is 1. The Kier molecular flexibility index (Phi) is 7.28. The van der Waals surface area contributed by atoms with Gasteiger partial charge in [0.15, 0.2) is 0 Å². The SMILES string of the molecule is O=C(NCCCCN1CCOC(c2ccccc2)C1)c1ccccc1C(F)(F)F. The second kappa shape index (κ2) is 9.89. The summed E-state index contributed by atoms with van der Waals surface area (Å²) in [7, 11) is 0. The summed E-state index contributed by atoms with van der Waals surface area (Å²) in [4.78, 5) is 14.5. The molecule has 1 fully saturated rings. The fourth-order valence-electron chi connectivity index (χ4n) is 3.46. The largest absolute Gasteiger partial charge is 0.417 e. The number of hydrogen-bond acceptors (Lipinski definition) is 3. The van der Waals surface area contributed by atoms with Crippen LogP contribution in [0.3, 0.4) is 0 Å². The van der Waals surface area contributed by atoms with Gasteiger partial charge in [0, 0.05) is 19.6 Å². The predicted molar refractivity (Wildman–Crippen MR) is 105 cm³/mol. The first-order valence-corrected chi connectivity index (χ1v) is 9.78. The van der Waals surface area contributed by atoms with E-state index < -0.39 is 17.6 Å². The molecule has 1 atom stereocenters. The fourth-order valence-corrected chi connectivity index (χ4v) is 3.46. The summed E-state index contributed by atoms with van der Waals surface area (Å²) in [6.45, 7) is 3.55. The number of hydrogen-bond donors (Lipinski definition) is 1. The van der Waals surface area contributed by atoms with Crippen molar-refractivity contribution in [3.8, 4) is 0 Å². The van der Waals surface area contributed by atoms with Gasteiger partial charge < -0.3 is 10.1 Å². The summed E-state index contributed by atoms with van der Waals surface area (Å²) in [6, 6.07) is 14.9. The van der Waals surface area contributed by atoms with Crippen LogP contribution in [-0.4, -0.2) is 43.6 Å². The molecule has 0 aromatic heterocycles. The smallest absolute Gasteiger partial charge is 0.371 e. The molecule has 0 radical (unpaired) electrons. The highest BCUT2D eigenvalue weighted by atomic mass is 19.4. The Morgan fingerprint density at radius 3 is 2.55 bits per heavy atom. The van der Waals surface area contributed by atoms with Gasteiger partial charge in [0.2, 0.25) is 0 Å². The molecule has 3 rings (SSSR count). The van der Waals surface area contributed by atoms with Gasteiger partial charge in [-0.25, -0.2) is 0 Å². The highest BCUT2D eigenvalue weighted by molar-refractivity contribution is 5.95. The van der Waals surface area contributed by atoms with Crippen molar-refractivity contribution in [3.63, 3.8) is 0 Å². The van der Waals surface area contributed by atoms with Gasteiger partial charge in [-0.2, -0.15) is 13.2 Å². The van der Waals surface area contributed by atoms with Gasteiger partial charge in [-0.15, -0.1) is 0 Å². The number of alkyl halides is 3. The van der Waals surface area contributed by atoms with E-state index in [2.05, 4.69) is 22.3 Å². The van der Waals surface area contributed by atoms with Crippen LogP contribution in [0, 0.1) is 0 Å². The van der Waals surface area contributed by atoms with Crippen molar-refractivity contribution in [2.45, 2.75) is 25.1 Å². The molecule has 1 N–H and O–H groups in total. The van der Waals surface area contributed by atoms with Gasteiger partial charge in [0.05, 0.1) is 23.8 Å². The molecule has 2 aromatic rings. The standard InChI is InChI=1S/C22H25F3N2O2/c23-22(24,25)19-11-5-4-10-18(19)21(28)26-12-6-7-13-27-14-15-29-20(16-27)17-8-2-1-3-9-17/h1-5,8-11,20H,6-7,12-16H2,(H,26,28). The maximum Gasteiger partial charge on any atom is 0.417 e. The number of carbonyl (C=O) groups excluding carboxylic acids is 1. The number of morpholine rings is 1. The number of amides is 1. The number of rotatable bonds is 7. The van der Waals surface area contributed by atoms with Gasteiger partial charge >= 0.3 is 6.18 Å². The molecule has 1 amide bonds. The Morgan fingerprint density at radius 1 is 1.07 bits per heavy atom. The van der Waals surface area contributed by atoms with Gasteiger partial charge in [-0.1, -0.05) is 42.5 Å². The van der Waals surface area contributed by atoms with E-state index in [0.717, 1.165) is 37.7 Å². The second-order valence-corrected chi connectivity index (χ2v) is 7.08. The van der Waals surface area contributed by atoms with E-state index in [9.17, 15) is 18.0 Å². The maximum absolute atomic E-state index is 13.0. The van der Waals surface area contributed by atoms with Crippen molar-refractivity contribution in [2.75, 3.05) is 32.8 Å². The quantitative estimate of drug-likeness (QED) is 0.698. The van der Waals surface area contributed by atoms with Crippen molar-refractivity contribution in [2.24, 2.45) is 0 Å². The van der Waals surface area contributed by atoms with E-state index in [0.29, 0.717) is 19.6 Å². The van der Waals surface area contributed by atoms with Gasteiger partial charge in [0.1, 0.15) is 0 Å². The van der Waals surface area contributed by atoms with Crippen LogP contribution < -0.4 is 5.32 Å². The van der Waals surface area contributed by atoms with Crippen molar-refractivity contribution >= 4 is 5.91 Å². The first-order valence-electron chi connectivity index (χ1n) is 9.78. The molecular formula is C22H25F3N2O2. The Hall–Kier alpha value is -2.38. The topological polar surface area (TPSA) is 41.6 Å². The molecular weight excluding hydrogens is 381 g/mol. The molecule has 1 aliphatic rings. The Balaban J connectivity index is 1.41. The van der Waals surface area contributed by atoms with Crippen LogP contribution in [0.4, 0.5) is 13.2 Å². The normalized spacial score (nSPS) is 17.8. The Bertz CT molecular complexity index is 796. The zero-order valence-corrected chi connectivity index (χ0v) is 16.1. The molecule has 1 aliphatic heterocycles. The molecule has 4 nitrogen and oxygen atoms in total. The zero-order chi connectivity index (χ0) is 20.7. The lowest BCUT2D eigenvalue weighted by Crippen LogP contribution is -2.39. The minimum atomic E-state index is -4.54. The van der Waals surface area contributed by atoms with Crippen LogP contribution in [0.2, 0.25) is 0 Å². The molecule has 7 heteroatoms. The number of ether oxygens (including phenoxy) is 1. The summed E-state index contributed by atoms with van der Waals surface area (Å²) in [5.74, 6) is -0.687. The Morgan fingerprint density at radius 2 is 1.79 bits per heavy atom. The van der Waals surface area contributed by atoms with Gasteiger partial charge in [-0.05, 0) is 37.1 Å². The minimum Gasteiger partial charge on any atom is -0.371 e. The molecule has 29 heavy (non-hydrogen) atoms. The number of halogens is 3. The molecule has 1 saturated heterocycles. The molecule has 0 aliphatic carbocycles. The summed E-state index contributed by atoms with van der Waals surface area (Å²) in [5, 5.41) is 2.60. The summed E-state index contributed by atoms with van der Waals surface area (Å²) in [6.07, 6.45) is -2.93. The third kappa shape index (κ3) is 6.05. The lowest BCUT2D eigenvalue weighted by molar-refractivity contribution is -0.137. The zero-order valence-electron chi connectivity index (χ0n) is 16.1. The minimum absolute atomic E-state index is 0.0588. The lowest BCUT2D eigenvalue weighted by Gasteiger charge is -2.33. The van der Waals surface area contributed by atoms with E-state index in [1.807, 2.05) is 18.2 Å². The monoisotopic (exact) mass is 406 g/mol. The van der Waals surface area contributed by atoms with Crippen molar-refractivity contribution < 1.29 is 22.7 Å². The van der Waals surface area contributed by atoms with E-state index in [-0.39, 0.29) is 11.7 Å². The van der Waals surface area contributed by atoms with E-state index in [1.54, 1.807) is 0 Å². The van der Waals surface area contributed by atoms with Crippen molar-refractivity contribution in [3.05, 3.63) is 71.3 Å². The number of carbonyl (C=O) groups is 1. The summed E-state index contributed by atoms with van der Waals surface area (Å²) >= 11 is 0. The highest BCUT2D eigenvalue weighted by Crippen LogP contribution is 2.31. The summed E-state index contributed by atoms with van der Waals surface area (Å²) in [5.41, 5.74) is -0.0792. The average molecular weight is 406 g/mol. The van der Waals surface area contributed by atoms with E-state index in [1.165, 1.54) is 18.2 Å². The molecule has 0 spiro atoms. The van der Waals surface area contributed by atoms with Gasteiger partial charge in [-0.3, -0.25) is 9.69 Å². The first kappa shape index (κ1) is 21.3. The van der Waals surface area contributed by atoms with Crippen LogP contribution in [-0.2, 0) is 10.9 Å². The molecule has 1 unspecified atom stereocenters. The first-order chi connectivity index (χ1) is 13.9. The van der Waals surface area contributed by atoms with Crippen molar-refractivity contribution in [1.82, 2.24) is 10.2 Å². The number of unbranched alkanes of at least 4 members (excludes halogenated alkanes) is 1.